The molecule has 2 fully saturated rings. The summed E-state index contributed by atoms with van der Waals surface area (Å²) in [6, 6.07) is 0. The molecule has 2 aliphatic carbocycles. The molecule has 2 rings (SSSR count). The summed E-state index contributed by atoms with van der Waals surface area (Å²) in [4.78, 5) is 0. The lowest BCUT2D eigenvalue weighted by molar-refractivity contribution is 0.390. The minimum atomic E-state index is 0.884. The summed E-state index contributed by atoms with van der Waals surface area (Å²) in [5, 5.41) is 0. The number of rotatable bonds is 8. The highest BCUT2D eigenvalue weighted by molar-refractivity contribution is 5.19. The molecule has 0 heterocycles. The van der Waals surface area contributed by atoms with Gasteiger partial charge in [0.1, 0.15) is 0 Å². The Morgan fingerprint density at radius 1 is 1.12 bits per heavy atom. The van der Waals surface area contributed by atoms with E-state index in [0.29, 0.717) is 0 Å². The van der Waals surface area contributed by atoms with Crippen molar-refractivity contribution in [3.8, 4) is 0 Å². The number of hydrogen-bond donors (Lipinski definition) is 0. The SMILES string of the molecule is CCCCCC(C)C1CC12CC2CC(C)CC. The molecule has 1 spiro atoms. The van der Waals surface area contributed by atoms with Gasteiger partial charge in [0, 0.05) is 0 Å². The zero-order valence-electron chi connectivity index (χ0n) is 12.5. The van der Waals surface area contributed by atoms with Crippen molar-refractivity contribution in [2.24, 2.45) is 29.1 Å². The Morgan fingerprint density at radius 2 is 1.88 bits per heavy atom. The van der Waals surface area contributed by atoms with Crippen molar-refractivity contribution in [1.82, 2.24) is 0 Å². The lowest BCUT2D eigenvalue weighted by atomic mass is 9.94. The van der Waals surface area contributed by atoms with Gasteiger partial charge in [0.25, 0.3) is 0 Å². The zero-order valence-corrected chi connectivity index (χ0v) is 12.5. The van der Waals surface area contributed by atoms with Gasteiger partial charge in [0.05, 0.1) is 0 Å². The Hall–Kier alpha value is 0. The molecule has 0 radical (unpaired) electrons. The first-order valence-corrected chi connectivity index (χ1v) is 8.14. The summed E-state index contributed by atoms with van der Waals surface area (Å²) in [6.07, 6.45) is 11.9. The fourth-order valence-electron chi connectivity index (χ4n) is 4.11. The van der Waals surface area contributed by atoms with Crippen molar-refractivity contribution in [3.05, 3.63) is 0 Å². The van der Waals surface area contributed by atoms with Crippen molar-refractivity contribution in [3.63, 3.8) is 0 Å². The highest BCUT2D eigenvalue weighted by atomic mass is 14.7. The molecule has 100 valence electrons. The molecule has 5 atom stereocenters. The molecule has 0 heteroatoms. The topological polar surface area (TPSA) is 0 Å². The van der Waals surface area contributed by atoms with Crippen LogP contribution < -0.4 is 0 Å². The van der Waals surface area contributed by atoms with Gasteiger partial charge in [0.2, 0.25) is 0 Å². The van der Waals surface area contributed by atoms with Crippen LogP contribution in [0, 0.1) is 29.1 Å². The minimum Gasteiger partial charge on any atom is -0.0654 e. The highest BCUT2D eigenvalue weighted by Crippen LogP contribution is 2.78. The molecule has 0 aliphatic heterocycles. The monoisotopic (exact) mass is 236 g/mol. The van der Waals surface area contributed by atoms with Gasteiger partial charge in [-0.15, -0.1) is 0 Å². The average molecular weight is 236 g/mol. The molecule has 0 amide bonds. The fraction of sp³-hybridized carbons (Fsp3) is 1.00. The average Bonchev–Trinajstić information content (AvgIpc) is 3.19. The van der Waals surface area contributed by atoms with Crippen LogP contribution in [0.15, 0.2) is 0 Å². The maximum atomic E-state index is 2.52. The maximum Gasteiger partial charge on any atom is -0.0232 e. The second kappa shape index (κ2) is 5.33. The van der Waals surface area contributed by atoms with Crippen LogP contribution in [0.2, 0.25) is 0 Å². The molecule has 0 bridgehead atoms. The largest absolute Gasteiger partial charge is 0.0654 e. The van der Waals surface area contributed by atoms with E-state index in [4.69, 9.17) is 0 Å². The first-order chi connectivity index (χ1) is 8.14. The predicted octanol–water partition coefficient (Wildman–Crippen LogP) is 5.67. The minimum absolute atomic E-state index is 0.884. The van der Waals surface area contributed by atoms with Crippen molar-refractivity contribution < 1.29 is 0 Å². The second-order valence-corrected chi connectivity index (χ2v) is 7.17. The molecule has 0 aromatic rings. The van der Waals surface area contributed by atoms with Gasteiger partial charge < -0.3 is 0 Å². The smallest absolute Gasteiger partial charge is 0.0232 e. The predicted molar refractivity (Wildman–Crippen MR) is 76.0 cm³/mol. The summed E-state index contributed by atoms with van der Waals surface area (Å²) < 4.78 is 0. The lowest BCUT2D eigenvalue weighted by Crippen LogP contribution is -2.02. The van der Waals surface area contributed by atoms with Gasteiger partial charge in [-0.1, -0.05) is 59.8 Å². The van der Waals surface area contributed by atoms with Crippen LogP contribution in [-0.4, -0.2) is 0 Å². The lowest BCUT2D eigenvalue weighted by Gasteiger charge is -2.11. The normalized spacial score (nSPS) is 38.1. The van der Waals surface area contributed by atoms with E-state index in [1.807, 2.05) is 0 Å². The summed E-state index contributed by atoms with van der Waals surface area (Å²) in [6.45, 7) is 9.62. The molecular formula is C17H32. The van der Waals surface area contributed by atoms with Crippen LogP contribution in [0.5, 0.6) is 0 Å². The van der Waals surface area contributed by atoms with E-state index in [-0.39, 0.29) is 0 Å². The highest BCUT2D eigenvalue weighted by Gasteiger charge is 2.70. The molecule has 0 N–H and O–H groups in total. The van der Waals surface area contributed by atoms with Crippen LogP contribution >= 0.6 is 0 Å². The standard InChI is InChI=1S/C17H32/c1-5-7-8-9-14(4)16-12-17(16)11-15(17)10-13(3)6-2/h13-16H,5-12H2,1-4H3. The molecule has 2 saturated carbocycles. The summed E-state index contributed by atoms with van der Waals surface area (Å²) in [5.41, 5.74) is 0.884. The molecule has 17 heavy (non-hydrogen) atoms. The van der Waals surface area contributed by atoms with Gasteiger partial charge in [-0.3, -0.25) is 0 Å². The van der Waals surface area contributed by atoms with E-state index >= 15 is 0 Å². The molecular weight excluding hydrogens is 204 g/mol. The van der Waals surface area contributed by atoms with Gasteiger partial charge in [-0.05, 0) is 48.3 Å². The molecule has 5 unspecified atom stereocenters. The Bertz CT molecular complexity index is 244. The van der Waals surface area contributed by atoms with Crippen LogP contribution in [0.1, 0.15) is 79.1 Å². The van der Waals surface area contributed by atoms with Crippen LogP contribution in [-0.2, 0) is 0 Å². The molecule has 2 aliphatic rings. The summed E-state index contributed by atoms with van der Waals surface area (Å²) in [5.74, 6) is 4.23. The molecule has 0 saturated heterocycles. The third-order valence-corrected chi connectivity index (χ3v) is 5.79. The molecule has 0 aromatic heterocycles. The second-order valence-electron chi connectivity index (χ2n) is 7.17. The Morgan fingerprint density at radius 3 is 2.53 bits per heavy atom. The van der Waals surface area contributed by atoms with Gasteiger partial charge in [-0.25, -0.2) is 0 Å². The van der Waals surface area contributed by atoms with Crippen molar-refractivity contribution in [2.75, 3.05) is 0 Å². The maximum absolute atomic E-state index is 2.52. The van der Waals surface area contributed by atoms with Crippen LogP contribution in [0.3, 0.4) is 0 Å². The first-order valence-electron chi connectivity index (χ1n) is 8.14. The fourth-order valence-corrected chi connectivity index (χ4v) is 4.11. The van der Waals surface area contributed by atoms with Gasteiger partial charge in [-0.2, -0.15) is 0 Å². The Balaban J connectivity index is 1.67. The van der Waals surface area contributed by atoms with Crippen LogP contribution in [0.4, 0.5) is 0 Å². The van der Waals surface area contributed by atoms with E-state index in [1.54, 1.807) is 12.8 Å². The van der Waals surface area contributed by atoms with Crippen LogP contribution in [0.25, 0.3) is 0 Å². The zero-order chi connectivity index (χ0) is 12.5. The van der Waals surface area contributed by atoms with Crippen molar-refractivity contribution in [2.45, 2.75) is 79.1 Å². The Kier molecular flexibility index (Phi) is 4.21. The van der Waals surface area contributed by atoms with E-state index < -0.39 is 0 Å². The number of unbranched alkanes of at least 4 members (excludes halogenated alkanes) is 2. The first kappa shape index (κ1) is 13.4. The van der Waals surface area contributed by atoms with Crippen molar-refractivity contribution in [1.29, 1.82) is 0 Å². The van der Waals surface area contributed by atoms with Gasteiger partial charge >= 0.3 is 0 Å². The van der Waals surface area contributed by atoms with E-state index in [1.165, 1.54) is 38.5 Å². The number of hydrogen-bond acceptors (Lipinski definition) is 0. The third kappa shape index (κ3) is 2.88. The van der Waals surface area contributed by atoms with E-state index in [0.717, 1.165) is 29.1 Å². The molecule has 0 nitrogen and oxygen atoms in total. The summed E-state index contributed by atoms with van der Waals surface area (Å²) >= 11 is 0. The molecule has 0 aromatic carbocycles. The van der Waals surface area contributed by atoms with E-state index in [9.17, 15) is 0 Å². The quantitative estimate of drug-likeness (QED) is 0.477. The van der Waals surface area contributed by atoms with Gasteiger partial charge in [0.15, 0.2) is 0 Å². The van der Waals surface area contributed by atoms with E-state index in [2.05, 4.69) is 27.7 Å². The summed E-state index contributed by atoms with van der Waals surface area (Å²) in [7, 11) is 0. The van der Waals surface area contributed by atoms with Crippen molar-refractivity contribution >= 4 is 0 Å². The third-order valence-electron chi connectivity index (χ3n) is 5.79. The Labute approximate surface area is 109 Å².